The van der Waals surface area contributed by atoms with E-state index in [0.29, 0.717) is 18.3 Å². The van der Waals surface area contributed by atoms with Crippen molar-refractivity contribution < 1.29 is 23.7 Å². The Morgan fingerprint density at radius 2 is 1.10 bits per heavy atom. The second-order valence-corrected chi connectivity index (χ2v) is 10.7. The highest BCUT2D eigenvalue weighted by Gasteiger charge is 2.35. The van der Waals surface area contributed by atoms with Gasteiger partial charge >= 0.3 is 0 Å². The van der Waals surface area contributed by atoms with Crippen LogP contribution in [0.3, 0.4) is 0 Å². The number of nitrogens with zero attached hydrogens (tertiary/aromatic N) is 1. The van der Waals surface area contributed by atoms with Gasteiger partial charge in [-0.2, -0.15) is 0 Å². The molecule has 0 unspecified atom stereocenters. The molecule has 6 heteroatoms. The van der Waals surface area contributed by atoms with Crippen LogP contribution >= 0.6 is 0 Å². The first-order chi connectivity index (χ1) is 14.1. The van der Waals surface area contributed by atoms with Crippen molar-refractivity contribution in [2.45, 2.75) is 103 Å². The summed E-state index contributed by atoms with van der Waals surface area (Å²) in [7, 11) is 0. The minimum Gasteiger partial charge on any atom is -0.381 e. The fraction of sp³-hybridized carbons (Fsp3) is 1.00. The minimum atomic E-state index is -0.0500. The summed E-state index contributed by atoms with van der Waals surface area (Å²) in [5.74, 6) is 0. The summed E-state index contributed by atoms with van der Waals surface area (Å²) in [5, 5.41) is 0. The highest BCUT2D eigenvalue weighted by molar-refractivity contribution is 4.89. The van der Waals surface area contributed by atoms with Crippen LogP contribution in [0.2, 0.25) is 0 Å². The van der Waals surface area contributed by atoms with E-state index in [4.69, 9.17) is 23.7 Å². The predicted octanol–water partition coefficient (Wildman–Crippen LogP) is 4.05. The van der Waals surface area contributed by atoms with Crippen molar-refractivity contribution in [2.75, 3.05) is 52.7 Å². The zero-order valence-corrected chi connectivity index (χ0v) is 20.4. The molecule has 1 saturated heterocycles. The largest absolute Gasteiger partial charge is 0.381 e. The van der Waals surface area contributed by atoms with Crippen molar-refractivity contribution in [1.82, 2.24) is 4.90 Å². The summed E-state index contributed by atoms with van der Waals surface area (Å²) in [6.45, 7) is 19.8. The van der Waals surface area contributed by atoms with Gasteiger partial charge in [-0.25, -0.2) is 0 Å². The van der Waals surface area contributed by atoms with Gasteiger partial charge in [-0.15, -0.1) is 0 Å². The van der Waals surface area contributed by atoms with E-state index in [-0.39, 0.29) is 11.1 Å². The number of hydrogen-bond acceptors (Lipinski definition) is 6. The van der Waals surface area contributed by atoms with E-state index < -0.39 is 0 Å². The molecule has 1 heterocycles. The van der Waals surface area contributed by atoms with Gasteiger partial charge in [-0.3, -0.25) is 4.90 Å². The predicted molar refractivity (Wildman–Crippen MR) is 120 cm³/mol. The molecule has 30 heavy (non-hydrogen) atoms. The Balaban J connectivity index is 1.25. The van der Waals surface area contributed by atoms with Crippen molar-refractivity contribution in [3.63, 3.8) is 0 Å². The molecule has 2 fully saturated rings. The molecular formula is C24H47NO5. The summed E-state index contributed by atoms with van der Waals surface area (Å²) in [4.78, 5) is 2.45. The molecule has 1 aliphatic heterocycles. The lowest BCUT2D eigenvalue weighted by Gasteiger charge is -2.47. The van der Waals surface area contributed by atoms with Crippen LogP contribution in [0.25, 0.3) is 0 Å². The first-order valence-corrected chi connectivity index (χ1v) is 11.9. The van der Waals surface area contributed by atoms with Gasteiger partial charge in [0.1, 0.15) is 0 Å². The third-order valence-corrected chi connectivity index (χ3v) is 5.52. The van der Waals surface area contributed by atoms with Crippen LogP contribution < -0.4 is 0 Å². The second kappa shape index (κ2) is 12.7. The second-order valence-electron chi connectivity index (χ2n) is 10.7. The summed E-state index contributed by atoms with van der Waals surface area (Å²) in [6.07, 6.45) is 6.06. The highest BCUT2D eigenvalue weighted by Crippen LogP contribution is 2.29. The fourth-order valence-electron chi connectivity index (χ4n) is 3.63. The Labute approximate surface area is 184 Å². The molecule has 0 radical (unpaired) electrons. The molecule has 0 bridgehead atoms. The molecule has 0 aromatic carbocycles. The number of ether oxygens (including phenoxy) is 5. The van der Waals surface area contributed by atoms with Gasteiger partial charge in [0, 0.05) is 58.3 Å². The van der Waals surface area contributed by atoms with Gasteiger partial charge in [0.25, 0.3) is 0 Å². The third kappa shape index (κ3) is 10.9. The van der Waals surface area contributed by atoms with Crippen LogP contribution in [-0.2, 0) is 23.7 Å². The number of hydrogen-bond donors (Lipinski definition) is 0. The van der Waals surface area contributed by atoms with E-state index >= 15 is 0 Å². The maximum atomic E-state index is 5.92. The molecule has 1 aliphatic carbocycles. The molecule has 0 aromatic heterocycles. The maximum absolute atomic E-state index is 5.92. The van der Waals surface area contributed by atoms with Gasteiger partial charge in [-0.1, -0.05) is 0 Å². The van der Waals surface area contributed by atoms with Gasteiger partial charge in [-0.05, 0) is 73.6 Å². The van der Waals surface area contributed by atoms with E-state index in [1.54, 1.807) is 0 Å². The monoisotopic (exact) mass is 429 g/mol. The zero-order valence-electron chi connectivity index (χ0n) is 20.4. The Kier molecular flexibility index (Phi) is 11.0. The lowest BCUT2D eigenvalue weighted by molar-refractivity contribution is -0.149. The molecule has 2 aliphatic rings. The fourth-order valence-corrected chi connectivity index (χ4v) is 3.63. The molecule has 0 spiro atoms. The smallest absolute Gasteiger partial charge is 0.0829 e. The maximum Gasteiger partial charge on any atom is 0.0829 e. The lowest BCUT2D eigenvalue weighted by Crippen LogP contribution is -2.59. The average molecular weight is 430 g/mol. The summed E-state index contributed by atoms with van der Waals surface area (Å²) in [6, 6.07) is 0. The summed E-state index contributed by atoms with van der Waals surface area (Å²) < 4.78 is 29.0. The van der Waals surface area contributed by atoms with Crippen molar-refractivity contribution in [1.29, 1.82) is 0 Å². The number of rotatable bonds is 15. The standard InChI is InChI=1S/C24H47NO5/c1-23(2,3)25-18-22(19-25)29-15-9-13-27-11-7-10-26-12-8-14-28-20-16-21(17-20)30-24(4,5)6/h20-22H,7-19H2,1-6H3. The Hall–Kier alpha value is -0.240. The zero-order chi connectivity index (χ0) is 22.0. The van der Waals surface area contributed by atoms with E-state index in [9.17, 15) is 0 Å². The highest BCUT2D eigenvalue weighted by atomic mass is 16.5. The van der Waals surface area contributed by atoms with Gasteiger partial charge < -0.3 is 23.7 Å². The van der Waals surface area contributed by atoms with Gasteiger partial charge in [0.15, 0.2) is 0 Å². The van der Waals surface area contributed by atoms with Gasteiger partial charge in [0.2, 0.25) is 0 Å². The Bertz CT molecular complexity index is 447. The first kappa shape index (κ1) is 26.0. The van der Waals surface area contributed by atoms with Crippen LogP contribution in [-0.4, -0.2) is 87.1 Å². The lowest BCUT2D eigenvalue weighted by atomic mass is 9.91. The van der Waals surface area contributed by atoms with Crippen molar-refractivity contribution in [2.24, 2.45) is 0 Å². The van der Waals surface area contributed by atoms with Crippen LogP contribution in [0.4, 0.5) is 0 Å². The molecule has 2 rings (SSSR count). The Morgan fingerprint density at radius 1 is 0.633 bits per heavy atom. The molecule has 178 valence electrons. The summed E-state index contributed by atoms with van der Waals surface area (Å²) in [5.41, 5.74) is 0.214. The third-order valence-electron chi connectivity index (χ3n) is 5.52. The Morgan fingerprint density at radius 3 is 1.57 bits per heavy atom. The summed E-state index contributed by atoms with van der Waals surface area (Å²) >= 11 is 0. The molecule has 0 aromatic rings. The molecule has 1 saturated carbocycles. The molecule has 0 atom stereocenters. The van der Waals surface area contributed by atoms with E-state index in [1.165, 1.54) is 0 Å². The number of likely N-dealkylation sites (tertiary alicyclic amines) is 1. The quantitative estimate of drug-likeness (QED) is 0.366. The van der Waals surface area contributed by atoms with Crippen LogP contribution in [0.1, 0.15) is 73.6 Å². The normalized spacial score (nSPS) is 23.4. The van der Waals surface area contributed by atoms with Crippen LogP contribution in [0, 0.1) is 0 Å². The first-order valence-electron chi connectivity index (χ1n) is 11.9. The van der Waals surface area contributed by atoms with E-state index in [2.05, 4.69) is 46.4 Å². The molecule has 6 nitrogen and oxygen atoms in total. The molecular weight excluding hydrogens is 382 g/mol. The average Bonchev–Trinajstić information content (AvgIpc) is 2.55. The van der Waals surface area contributed by atoms with E-state index in [1.807, 2.05) is 0 Å². The van der Waals surface area contributed by atoms with Crippen molar-refractivity contribution in [3.05, 3.63) is 0 Å². The van der Waals surface area contributed by atoms with Crippen LogP contribution in [0.5, 0.6) is 0 Å². The topological polar surface area (TPSA) is 49.4 Å². The van der Waals surface area contributed by atoms with Gasteiger partial charge in [0.05, 0.1) is 23.9 Å². The van der Waals surface area contributed by atoms with Crippen molar-refractivity contribution in [3.8, 4) is 0 Å². The molecule has 0 amide bonds. The van der Waals surface area contributed by atoms with Crippen LogP contribution in [0.15, 0.2) is 0 Å². The van der Waals surface area contributed by atoms with Crippen molar-refractivity contribution >= 4 is 0 Å². The minimum absolute atomic E-state index is 0.0500. The SMILES string of the molecule is CC(C)(C)OC1CC(OCCCOCCCOCCCOC2CN(C(C)(C)C)C2)C1. The van der Waals surface area contributed by atoms with E-state index in [0.717, 1.165) is 84.8 Å². The molecule has 0 N–H and O–H groups in total.